The van der Waals surface area contributed by atoms with Crippen LogP contribution in [-0.2, 0) is 30.4 Å². The fourth-order valence-electron chi connectivity index (χ4n) is 2.97. The molecule has 11 heteroatoms. The minimum absolute atomic E-state index is 0.265. The molecule has 0 aliphatic heterocycles. The van der Waals surface area contributed by atoms with Crippen molar-refractivity contribution in [3.8, 4) is 0 Å². The summed E-state index contributed by atoms with van der Waals surface area (Å²) in [6.07, 6.45) is 0.245. The molecule has 5 atom stereocenters. The summed E-state index contributed by atoms with van der Waals surface area (Å²) in [7, 11) is 0. The van der Waals surface area contributed by atoms with Crippen LogP contribution in [0.3, 0.4) is 0 Å². The summed E-state index contributed by atoms with van der Waals surface area (Å²) in [4.78, 5) is 60.5. The van der Waals surface area contributed by atoms with E-state index in [1.54, 1.807) is 6.92 Å². The van der Waals surface area contributed by atoms with Crippen LogP contribution in [0.15, 0.2) is 30.3 Å². The van der Waals surface area contributed by atoms with Crippen molar-refractivity contribution < 1.29 is 29.1 Å². The highest BCUT2D eigenvalue weighted by molar-refractivity contribution is 5.96. The molecule has 0 aliphatic carbocycles. The standard InChI is InChI=1S/C22H33N5O6/c1-4-12(2)18(27-19(29)15(23)10-14-8-6-5-7-9-14)21(31)26-16(11-17(24)28)20(30)25-13(3)22(32)33/h5-9,12-13,15-16,18H,4,10-11,23H2,1-3H3,(H2,24,28)(H,25,30)(H,26,31)(H,27,29)(H,32,33). The molecule has 1 rings (SSSR count). The molecule has 0 aliphatic rings. The lowest BCUT2D eigenvalue weighted by molar-refractivity contribution is -0.142. The van der Waals surface area contributed by atoms with Crippen LogP contribution in [-0.4, -0.2) is 58.9 Å². The van der Waals surface area contributed by atoms with E-state index in [0.29, 0.717) is 6.42 Å². The van der Waals surface area contributed by atoms with E-state index in [1.165, 1.54) is 6.92 Å². The Bertz CT molecular complexity index is 847. The van der Waals surface area contributed by atoms with E-state index in [2.05, 4.69) is 16.0 Å². The summed E-state index contributed by atoms with van der Waals surface area (Å²) in [5.41, 5.74) is 12.1. The maximum atomic E-state index is 13.0. The molecule has 0 heterocycles. The van der Waals surface area contributed by atoms with Gasteiger partial charge in [-0.3, -0.25) is 24.0 Å². The van der Waals surface area contributed by atoms with Gasteiger partial charge in [0.05, 0.1) is 12.5 Å². The third-order valence-corrected chi connectivity index (χ3v) is 5.20. The number of hydrogen-bond acceptors (Lipinski definition) is 6. The van der Waals surface area contributed by atoms with Gasteiger partial charge in [-0.05, 0) is 24.8 Å². The van der Waals surface area contributed by atoms with Crippen LogP contribution < -0.4 is 27.4 Å². The number of carbonyl (C=O) groups is 5. The lowest BCUT2D eigenvalue weighted by Crippen LogP contribution is -2.59. The third-order valence-electron chi connectivity index (χ3n) is 5.20. The number of nitrogens with one attached hydrogen (secondary N) is 3. The SMILES string of the molecule is CCC(C)C(NC(=O)C(N)Cc1ccccc1)C(=O)NC(CC(N)=O)C(=O)NC(C)C(=O)O. The van der Waals surface area contributed by atoms with Crippen molar-refractivity contribution in [1.29, 1.82) is 0 Å². The highest BCUT2D eigenvalue weighted by Gasteiger charge is 2.32. The van der Waals surface area contributed by atoms with Gasteiger partial charge in [-0.25, -0.2) is 0 Å². The van der Waals surface area contributed by atoms with Gasteiger partial charge in [0.1, 0.15) is 18.1 Å². The Labute approximate surface area is 192 Å². The Morgan fingerprint density at radius 2 is 1.55 bits per heavy atom. The van der Waals surface area contributed by atoms with Gasteiger partial charge in [-0.2, -0.15) is 0 Å². The van der Waals surface area contributed by atoms with Crippen LogP contribution in [0, 0.1) is 5.92 Å². The molecule has 0 spiro atoms. The molecule has 1 aromatic rings. The second-order valence-corrected chi connectivity index (χ2v) is 7.97. The lowest BCUT2D eigenvalue weighted by Gasteiger charge is -2.27. The Balaban J connectivity index is 2.94. The van der Waals surface area contributed by atoms with Gasteiger partial charge >= 0.3 is 5.97 Å². The fourth-order valence-corrected chi connectivity index (χ4v) is 2.97. The van der Waals surface area contributed by atoms with Gasteiger partial charge in [0.25, 0.3) is 0 Å². The minimum atomic E-state index is -1.40. The maximum absolute atomic E-state index is 13.0. The van der Waals surface area contributed by atoms with Gasteiger partial charge in [0, 0.05) is 0 Å². The summed E-state index contributed by atoms with van der Waals surface area (Å²) in [5, 5.41) is 16.2. The van der Waals surface area contributed by atoms with Crippen molar-refractivity contribution in [2.24, 2.45) is 17.4 Å². The smallest absolute Gasteiger partial charge is 0.325 e. The number of amides is 4. The summed E-state index contributed by atoms with van der Waals surface area (Å²) >= 11 is 0. The Morgan fingerprint density at radius 3 is 2.06 bits per heavy atom. The number of carboxylic acids is 1. The topological polar surface area (TPSA) is 194 Å². The number of carboxylic acid groups (broad SMARTS) is 1. The normalized spacial score (nSPS) is 15.3. The first-order chi connectivity index (χ1) is 15.5. The largest absolute Gasteiger partial charge is 0.480 e. The average molecular weight is 464 g/mol. The zero-order valence-electron chi connectivity index (χ0n) is 19.0. The van der Waals surface area contributed by atoms with Crippen molar-refractivity contribution in [3.63, 3.8) is 0 Å². The average Bonchev–Trinajstić information content (AvgIpc) is 2.76. The molecular weight excluding hydrogens is 430 g/mol. The molecule has 0 bridgehead atoms. The molecule has 182 valence electrons. The number of carbonyl (C=O) groups excluding carboxylic acids is 4. The molecule has 4 amide bonds. The molecule has 0 saturated heterocycles. The van der Waals surface area contributed by atoms with Crippen molar-refractivity contribution in [1.82, 2.24) is 16.0 Å². The predicted octanol–water partition coefficient (Wildman–Crippen LogP) is -0.963. The molecule has 8 N–H and O–H groups in total. The van der Waals surface area contributed by atoms with Crippen LogP contribution in [0.2, 0.25) is 0 Å². The predicted molar refractivity (Wildman–Crippen MR) is 120 cm³/mol. The Morgan fingerprint density at radius 1 is 0.939 bits per heavy atom. The van der Waals surface area contributed by atoms with Crippen molar-refractivity contribution >= 4 is 29.6 Å². The fraction of sp³-hybridized carbons (Fsp3) is 0.500. The molecular formula is C22H33N5O6. The van der Waals surface area contributed by atoms with E-state index in [9.17, 15) is 24.0 Å². The second kappa shape index (κ2) is 13.2. The monoisotopic (exact) mass is 463 g/mol. The molecule has 33 heavy (non-hydrogen) atoms. The van der Waals surface area contributed by atoms with Crippen molar-refractivity contribution in [2.45, 2.75) is 64.2 Å². The highest BCUT2D eigenvalue weighted by Crippen LogP contribution is 2.10. The van der Waals surface area contributed by atoms with Gasteiger partial charge in [0.15, 0.2) is 0 Å². The Hall–Kier alpha value is -3.47. The van der Waals surface area contributed by atoms with E-state index in [4.69, 9.17) is 16.6 Å². The zero-order chi connectivity index (χ0) is 25.1. The summed E-state index contributed by atoms with van der Waals surface area (Å²) in [6, 6.07) is 4.55. The van der Waals surface area contributed by atoms with Crippen molar-refractivity contribution in [3.05, 3.63) is 35.9 Å². The van der Waals surface area contributed by atoms with Gasteiger partial charge in [-0.15, -0.1) is 0 Å². The van der Waals surface area contributed by atoms with E-state index in [-0.39, 0.29) is 12.3 Å². The third kappa shape index (κ3) is 9.27. The molecule has 0 radical (unpaired) electrons. The quantitative estimate of drug-likeness (QED) is 0.217. The number of primary amides is 1. The lowest BCUT2D eigenvalue weighted by atomic mass is 9.96. The summed E-state index contributed by atoms with van der Waals surface area (Å²) in [6.45, 7) is 4.80. The van der Waals surface area contributed by atoms with E-state index >= 15 is 0 Å². The number of nitrogens with two attached hydrogens (primary N) is 2. The highest BCUT2D eigenvalue weighted by atomic mass is 16.4. The van der Waals surface area contributed by atoms with E-state index < -0.39 is 60.2 Å². The molecule has 0 aromatic heterocycles. The van der Waals surface area contributed by atoms with Crippen LogP contribution >= 0.6 is 0 Å². The molecule has 0 saturated carbocycles. The van der Waals surface area contributed by atoms with Gasteiger partial charge < -0.3 is 32.5 Å². The number of rotatable bonds is 13. The van der Waals surface area contributed by atoms with Crippen LogP contribution in [0.1, 0.15) is 39.2 Å². The van der Waals surface area contributed by atoms with E-state index in [0.717, 1.165) is 5.56 Å². The minimum Gasteiger partial charge on any atom is -0.480 e. The molecule has 0 fully saturated rings. The van der Waals surface area contributed by atoms with E-state index in [1.807, 2.05) is 37.3 Å². The van der Waals surface area contributed by atoms with Crippen LogP contribution in [0.5, 0.6) is 0 Å². The second-order valence-electron chi connectivity index (χ2n) is 7.97. The number of aliphatic carboxylic acids is 1. The Kier molecular flexibility index (Phi) is 11.0. The molecule has 1 aromatic carbocycles. The summed E-state index contributed by atoms with van der Waals surface area (Å²) in [5.74, 6) is -4.62. The summed E-state index contributed by atoms with van der Waals surface area (Å²) < 4.78 is 0. The zero-order valence-corrected chi connectivity index (χ0v) is 19.0. The van der Waals surface area contributed by atoms with Crippen LogP contribution in [0.25, 0.3) is 0 Å². The van der Waals surface area contributed by atoms with Gasteiger partial charge in [0.2, 0.25) is 23.6 Å². The number of benzene rings is 1. The number of hydrogen-bond donors (Lipinski definition) is 6. The van der Waals surface area contributed by atoms with Crippen LogP contribution in [0.4, 0.5) is 0 Å². The first-order valence-corrected chi connectivity index (χ1v) is 10.7. The first kappa shape index (κ1) is 27.6. The molecule has 11 nitrogen and oxygen atoms in total. The van der Waals surface area contributed by atoms with Gasteiger partial charge in [-0.1, -0.05) is 50.6 Å². The first-order valence-electron chi connectivity index (χ1n) is 10.7. The molecule has 5 unspecified atom stereocenters. The van der Waals surface area contributed by atoms with Crippen molar-refractivity contribution in [2.75, 3.05) is 0 Å². The maximum Gasteiger partial charge on any atom is 0.325 e.